The van der Waals surface area contributed by atoms with Crippen molar-refractivity contribution in [2.75, 3.05) is 7.11 Å². The predicted molar refractivity (Wildman–Crippen MR) is 84.4 cm³/mol. The average molecular weight is 274 g/mol. The van der Waals surface area contributed by atoms with Crippen LogP contribution in [-0.2, 0) is 9.53 Å². The molecule has 0 saturated carbocycles. The molecule has 0 spiro atoms. The molecule has 0 heterocycles. The number of methoxy groups -OCH3 is 1. The van der Waals surface area contributed by atoms with Crippen LogP contribution in [0.2, 0.25) is 0 Å². The van der Waals surface area contributed by atoms with Gasteiger partial charge in [0.15, 0.2) is 0 Å². The van der Waals surface area contributed by atoms with E-state index in [-0.39, 0.29) is 5.97 Å². The third-order valence-electron chi connectivity index (χ3n) is 3.40. The summed E-state index contributed by atoms with van der Waals surface area (Å²) in [4.78, 5) is 11.8. The fourth-order valence-electron chi connectivity index (χ4n) is 2.22. The number of rotatable bonds is 9. The molecule has 1 rings (SSSR count). The molecule has 20 heavy (non-hydrogen) atoms. The average Bonchev–Trinajstić information content (AvgIpc) is 2.50. The second-order valence-electron chi connectivity index (χ2n) is 5.03. The summed E-state index contributed by atoms with van der Waals surface area (Å²) in [7, 11) is 1.43. The Kier molecular flexibility index (Phi) is 8.44. The van der Waals surface area contributed by atoms with Crippen molar-refractivity contribution in [1.29, 1.82) is 0 Å². The van der Waals surface area contributed by atoms with Crippen LogP contribution in [0.5, 0.6) is 0 Å². The second kappa shape index (κ2) is 10.2. The van der Waals surface area contributed by atoms with Crippen LogP contribution in [0, 0.1) is 0 Å². The standard InChI is InChI=1S/C18H26O2/c1-3-4-5-6-7-8-12-15-17(18(19)20-2)16-13-10-9-11-14-16/h9-11,13-15H,3-8,12H2,1-2H3. The summed E-state index contributed by atoms with van der Waals surface area (Å²) in [6, 6.07) is 9.73. The van der Waals surface area contributed by atoms with Gasteiger partial charge < -0.3 is 4.74 Å². The van der Waals surface area contributed by atoms with E-state index < -0.39 is 0 Å². The van der Waals surface area contributed by atoms with E-state index in [9.17, 15) is 4.79 Å². The van der Waals surface area contributed by atoms with Crippen LogP contribution < -0.4 is 0 Å². The van der Waals surface area contributed by atoms with Gasteiger partial charge in [-0.1, -0.05) is 75.4 Å². The SMILES string of the molecule is CCCCCCCCC=C(C(=O)OC)c1ccccc1. The highest BCUT2D eigenvalue weighted by molar-refractivity contribution is 6.16. The molecule has 110 valence electrons. The van der Waals surface area contributed by atoms with E-state index >= 15 is 0 Å². The zero-order valence-corrected chi connectivity index (χ0v) is 12.7. The Hall–Kier alpha value is -1.57. The highest BCUT2D eigenvalue weighted by Gasteiger charge is 2.10. The minimum absolute atomic E-state index is 0.248. The maximum atomic E-state index is 11.8. The first-order valence-corrected chi connectivity index (χ1v) is 7.63. The lowest BCUT2D eigenvalue weighted by atomic mass is 10.0. The Morgan fingerprint density at radius 1 is 1.05 bits per heavy atom. The third-order valence-corrected chi connectivity index (χ3v) is 3.40. The maximum Gasteiger partial charge on any atom is 0.338 e. The minimum Gasteiger partial charge on any atom is -0.465 e. The number of ether oxygens (including phenoxy) is 1. The lowest BCUT2D eigenvalue weighted by Crippen LogP contribution is -2.03. The van der Waals surface area contributed by atoms with E-state index in [1.54, 1.807) is 0 Å². The van der Waals surface area contributed by atoms with Crippen molar-refractivity contribution in [3.8, 4) is 0 Å². The van der Waals surface area contributed by atoms with Crippen LogP contribution in [-0.4, -0.2) is 13.1 Å². The summed E-state index contributed by atoms with van der Waals surface area (Å²) in [5.41, 5.74) is 1.62. The topological polar surface area (TPSA) is 26.3 Å². The smallest absolute Gasteiger partial charge is 0.338 e. The molecule has 0 saturated heterocycles. The summed E-state index contributed by atoms with van der Waals surface area (Å²) >= 11 is 0. The number of unbranched alkanes of at least 4 members (excludes halogenated alkanes) is 6. The van der Waals surface area contributed by atoms with Gasteiger partial charge in [-0.2, -0.15) is 0 Å². The molecule has 0 fully saturated rings. The predicted octanol–water partition coefficient (Wildman–Crippen LogP) is 4.99. The molecule has 0 unspecified atom stereocenters. The molecule has 0 radical (unpaired) electrons. The monoisotopic (exact) mass is 274 g/mol. The quantitative estimate of drug-likeness (QED) is 0.360. The molecule has 2 nitrogen and oxygen atoms in total. The van der Waals surface area contributed by atoms with E-state index in [1.165, 1.54) is 39.2 Å². The zero-order chi connectivity index (χ0) is 14.6. The van der Waals surface area contributed by atoms with E-state index in [4.69, 9.17) is 4.74 Å². The van der Waals surface area contributed by atoms with Crippen LogP contribution in [0.3, 0.4) is 0 Å². The van der Waals surface area contributed by atoms with Crippen LogP contribution in [0.25, 0.3) is 5.57 Å². The fraction of sp³-hybridized carbons (Fsp3) is 0.500. The normalized spacial score (nSPS) is 11.4. The molecule has 0 amide bonds. The van der Waals surface area contributed by atoms with Gasteiger partial charge in [0.05, 0.1) is 12.7 Å². The lowest BCUT2D eigenvalue weighted by molar-refractivity contribution is -0.133. The van der Waals surface area contributed by atoms with Crippen LogP contribution in [0.1, 0.15) is 57.4 Å². The van der Waals surface area contributed by atoms with Gasteiger partial charge in [-0.05, 0) is 18.4 Å². The number of hydrogen-bond donors (Lipinski definition) is 0. The minimum atomic E-state index is -0.248. The van der Waals surface area contributed by atoms with Crippen molar-refractivity contribution >= 4 is 11.5 Å². The Bertz CT molecular complexity index is 407. The first-order valence-electron chi connectivity index (χ1n) is 7.63. The number of carbonyl (C=O) groups is 1. The molecular formula is C18H26O2. The van der Waals surface area contributed by atoms with Crippen LogP contribution in [0.15, 0.2) is 36.4 Å². The lowest BCUT2D eigenvalue weighted by Gasteiger charge is -2.06. The Morgan fingerprint density at radius 2 is 1.70 bits per heavy atom. The molecule has 0 aliphatic rings. The third kappa shape index (κ3) is 6.05. The van der Waals surface area contributed by atoms with Gasteiger partial charge in [0.1, 0.15) is 0 Å². The number of hydrogen-bond acceptors (Lipinski definition) is 2. The van der Waals surface area contributed by atoms with Gasteiger partial charge >= 0.3 is 5.97 Å². The molecule has 0 aliphatic carbocycles. The first-order chi connectivity index (χ1) is 9.79. The van der Waals surface area contributed by atoms with Crippen LogP contribution >= 0.6 is 0 Å². The van der Waals surface area contributed by atoms with Crippen molar-refractivity contribution in [3.05, 3.63) is 42.0 Å². The molecule has 0 N–H and O–H groups in total. The summed E-state index contributed by atoms with van der Waals surface area (Å²) in [5.74, 6) is -0.248. The van der Waals surface area contributed by atoms with E-state index in [2.05, 4.69) is 6.92 Å². The van der Waals surface area contributed by atoms with Gasteiger partial charge in [-0.25, -0.2) is 4.79 Å². The molecule has 0 atom stereocenters. The molecule has 1 aromatic rings. The Morgan fingerprint density at radius 3 is 2.35 bits per heavy atom. The molecule has 0 aliphatic heterocycles. The van der Waals surface area contributed by atoms with Crippen LogP contribution in [0.4, 0.5) is 0 Å². The van der Waals surface area contributed by atoms with E-state index in [0.29, 0.717) is 5.57 Å². The first kappa shape index (κ1) is 16.5. The fourth-order valence-corrected chi connectivity index (χ4v) is 2.22. The largest absolute Gasteiger partial charge is 0.465 e. The van der Waals surface area contributed by atoms with Gasteiger partial charge in [0.25, 0.3) is 0 Å². The van der Waals surface area contributed by atoms with Gasteiger partial charge in [0, 0.05) is 0 Å². The summed E-state index contributed by atoms with van der Waals surface area (Å²) in [5, 5.41) is 0. The molecule has 1 aromatic carbocycles. The van der Waals surface area contributed by atoms with Gasteiger partial charge in [0.2, 0.25) is 0 Å². The highest BCUT2D eigenvalue weighted by atomic mass is 16.5. The second-order valence-corrected chi connectivity index (χ2v) is 5.03. The van der Waals surface area contributed by atoms with E-state index in [0.717, 1.165) is 18.4 Å². The molecular weight excluding hydrogens is 248 g/mol. The number of benzene rings is 1. The Labute approximate surface area is 122 Å². The van der Waals surface area contributed by atoms with Crippen molar-refractivity contribution in [2.24, 2.45) is 0 Å². The summed E-state index contributed by atoms with van der Waals surface area (Å²) in [6.07, 6.45) is 10.5. The molecule has 0 aromatic heterocycles. The van der Waals surface area contributed by atoms with E-state index in [1.807, 2.05) is 36.4 Å². The number of allylic oxidation sites excluding steroid dienone is 1. The summed E-state index contributed by atoms with van der Waals surface area (Å²) in [6.45, 7) is 2.23. The Balaban J connectivity index is 2.48. The van der Waals surface area contributed by atoms with Crippen molar-refractivity contribution in [3.63, 3.8) is 0 Å². The molecule has 0 bridgehead atoms. The number of carbonyl (C=O) groups excluding carboxylic acids is 1. The zero-order valence-electron chi connectivity index (χ0n) is 12.7. The number of esters is 1. The highest BCUT2D eigenvalue weighted by Crippen LogP contribution is 2.18. The summed E-state index contributed by atoms with van der Waals surface area (Å²) < 4.78 is 4.87. The molecule has 2 heteroatoms. The van der Waals surface area contributed by atoms with Crippen molar-refractivity contribution < 1.29 is 9.53 Å². The van der Waals surface area contributed by atoms with Gasteiger partial charge in [-0.3, -0.25) is 0 Å². The van der Waals surface area contributed by atoms with Gasteiger partial charge in [-0.15, -0.1) is 0 Å². The van der Waals surface area contributed by atoms with Crippen molar-refractivity contribution in [2.45, 2.75) is 51.9 Å². The van der Waals surface area contributed by atoms with Crippen molar-refractivity contribution in [1.82, 2.24) is 0 Å². The maximum absolute atomic E-state index is 11.8.